The second kappa shape index (κ2) is 4.19. The first kappa shape index (κ1) is 16.3. The Balaban J connectivity index is 5.32. The lowest BCUT2D eigenvalue weighted by molar-refractivity contribution is -0.435. The zero-order valence-electron chi connectivity index (χ0n) is 7.11. The molecule has 13 heteroatoms. The van der Waals surface area contributed by atoms with E-state index in [4.69, 9.17) is 0 Å². The summed E-state index contributed by atoms with van der Waals surface area (Å²) < 4.78 is 127. The first-order chi connectivity index (χ1) is 7.15. The van der Waals surface area contributed by atoms with Crippen LogP contribution in [-0.2, 0) is 15.0 Å². The van der Waals surface area contributed by atoms with E-state index in [9.17, 15) is 47.4 Å². The standard InChI is InChI=1S/C4HF9O3S/c5-1(6)2(7,8)16-3(9,10)4(11,12)17(13,14)15/h1H. The van der Waals surface area contributed by atoms with E-state index in [1.165, 1.54) is 0 Å². The van der Waals surface area contributed by atoms with Gasteiger partial charge in [0, 0.05) is 0 Å². The van der Waals surface area contributed by atoms with Gasteiger partial charge < -0.3 is 0 Å². The van der Waals surface area contributed by atoms with Crippen LogP contribution in [0, 0.1) is 0 Å². The fourth-order valence-electron chi connectivity index (χ4n) is 0.417. The Morgan fingerprint density at radius 3 is 1.53 bits per heavy atom. The Labute approximate surface area is 87.4 Å². The Kier molecular flexibility index (Phi) is 4.01. The van der Waals surface area contributed by atoms with E-state index < -0.39 is 34.1 Å². The van der Waals surface area contributed by atoms with E-state index in [1.807, 2.05) is 0 Å². The molecule has 104 valence electrons. The van der Waals surface area contributed by atoms with Crippen LogP contribution in [0.2, 0.25) is 0 Å². The summed E-state index contributed by atoms with van der Waals surface area (Å²) in [4.78, 5) is 0. The molecule has 3 nitrogen and oxygen atoms in total. The monoisotopic (exact) mass is 300 g/mol. The lowest BCUT2D eigenvalue weighted by Crippen LogP contribution is -2.52. The van der Waals surface area contributed by atoms with Gasteiger partial charge in [-0.25, -0.2) is 13.5 Å². The fraction of sp³-hybridized carbons (Fsp3) is 1.00. The van der Waals surface area contributed by atoms with Crippen molar-refractivity contribution in [2.45, 2.75) is 23.9 Å². The average molecular weight is 300 g/mol. The van der Waals surface area contributed by atoms with Gasteiger partial charge in [-0.3, -0.25) is 0 Å². The maximum atomic E-state index is 12.1. The Hall–Kier alpha value is -0.720. The molecule has 0 aromatic heterocycles. The van der Waals surface area contributed by atoms with Gasteiger partial charge in [-0.2, -0.15) is 34.8 Å². The van der Waals surface area contributed by atoms with Crippen LogP contribution in [0.3, 0.4) is 0 Å². The molecule has 0 radical (unpaired) electrons. The minimum absolute atomic E-state index is 1.69. The molecule has 0 aliphatic carbocycles. The molecule has 0 heterocycles. The highest BCUT2D eigenvalue weighted by atomic mass is 32.3. The van der Waals surface area contributed by atoms with E-state index in [0.717, 1.165) is 0 Å². The van der Waals surface area contributed by atoms with Crippen LogP contribution in [0.1, 0.15) is 0 Å². The molecule has 0 aliphatic heterocycles. The summed E-state index contributed by atoms with van der Waals surface area (Å²) in [5.41, 5.74) is 0. The number of halogens is 9. The highest BCUT2D eigenvalue weighted by Gasteiger charge is 2.72. The molecular formula is C4HF9O3S. The highest BCUT2D eigenvalue weighted by molar-refractivity contribution is 7.87. The van der Waals surface area contributed by atoms with Gasteiger partial charge in [0.2, 0.25) is 0 Å². The molecule has 0 aromatic rings. The third-order valence-corrected chi connectivity index (χ3v) is 2.01. The molecule has 0 saturated heterocycles. The van der Waals surface area contributed by atoms with E-state index in [2.05, 4.69) is 0 Å². The third kappa shape index (κ3) is 3.14. The molecule has 0 aromatic carbocycles. The third-order valence-electron chi connectivity index (χ3n) is 1.16. The summed E-state index contributed by atoms with van der Waals surface area (Å²) >= 11 is 0. The van der Waals surface area contributed by atoms with Crippen molar-refractivity contribution in [2.75, 3.05) is 0 Å². The Bertz CT molecular complexity index is 374. The van der Waals surface area contributed by atoms with Gasteiger partial charge in [0.15, 0.2) is 0 Å². The number of hydrogen-bond donors (Lipinski definition) is 0. The molecule has 0 N–H and O–H groups in total. The molecule has 0 amide bonds. The molecule has 0 aliphatic rings. The predicted molar refractivity (Wildman–Crippen MR) is 32.0 cm³/mol. The van der Waals surface area contributed by atoms with Crippen LogP contribution in [0.4, 0.5) is 39.0 Å². The lowest BCUT2D eigenvalue weighted by Gasteiger charge is -2.26. The van der Waals surface area contributed by atoms with Crippen molar-refractivity contribution in [3.05, 3.63) is 0 Å². The van der Waals surface area contributed by atoms with Gasteiger partial charge >= 0.3 is 34.1 Å². The zero-order valence-corrected chi connectivity index (χ0v) is 7.93. The SMILES string of the molecule is O=S(=O)(F)C(F)(F)C(F)(F)OC(F)(F)C(F)F. The number of alkyl halides is 8. The van der Waals surface area contributed by atoms with Gasteiger partial charge in [-0.15, -0.1) is 0 Å². The van der Waals surface area contributed by atoms with Gasteiger partial charge in [0.05, 0.1) is 0 Å². The normalized spacial score (nSPS) is 15.4. The summed E-state index contributed by atoms with van der Waals surface area (Å²) in [6, 6.07) is 0. The summed E-state index contributed by atoms with van der Waals surface area (Å²) in [5, 5.41) is -6.74. The van der Waals surface area contributed by atoms with Gasteiger partial charge in [-0.05, 0) is 0 Å². The second-order valence-corrected chi connectivity index (χ2v) is 3.82. The molecule has 0 rings (SSSR count). The van der Waals surface area contributed by atoms with Crippen LogP contribution in [0.5, 0.6) is 0 Å². The van der Waals surface area contributed by atoms with E-state index in [1.54, 1.807) is 4.74 Å². The number of rotatable bonds is 5. The maximum Gasteiger partial charge on any atom is 0.464 e. The fourth-order valence-corrected chi connectivity index (χ4v) is 0.742. The van der Waals surface area contributed by atoms with Crippen LogP contribution in [0.15, 0.2) is 0 Å². The quantitative estimate of drug-likeness (QED) is 0.578. The topological polar surface area (TPSA) is 43.4 Å². The van der Waals surface area contributed by atoms with Crippen molar-refractivity contribution in [3.63, 3.8) is 0 Å². The summed E-state index contributed by atoms with van der Waals surface area (Å²) in [7, 11) is -7.34. The summed E-state index contributed by atoms with van der Waals surface area (Å²) in [6.45, 7) is 0. The smallest absolute Gasteiger partial charge is 0.245 e. The maximum absolute atomic E-state index is 12.1. The largest absolute Gasteiger partial charge is 0.464 e. The van der Waals surface area contributed by atoms with E-state index in [-0.39, 0.29) is 0 Å². The van der Waals surface area contributed by atoms with Crippen molar-refractivity contribution in [2.24, 2.45) is 0 Å². The molecule has 17 heavy (non-hydrogen) atoms. The summed E-state index contributed by atoms with van der Waals surface area (Å²) in [6.07, 6.45) is -17.7. The first-order valence-corrected chi connectivity index (χ1v) is 4.59. The van der Waals surface area contributed by atoms with Gasteiger partial charge in [0.1, 0.15) is 0 Å². The molecular weight excluding hydrogens is 299 g/mol. The van der Waals surface area contributed by atoms with Crippen LogP contribution >= 0.6 is 0 Å². The average Bonchev–Trinajstić information content (AvgIpc) is 1.98. The number of hydrogen-bond acceptors (Lipinski definition) is 3. The molecule has 0 bridgehead atoms. The first-order valence-electron chi connectivity index (χ1n) is 3.21. The van der Waals surface area contributed by atoms with Crippen molar-refractivity contribution < 1.29 is 52.2 Å². The van der Waals surface area contributed by atoms with Crippen LogP contribution in [0.25, 0.3) is 0 Å². The van der Waals surface area contributed by atoms with E-state index in [0.29, 0.717) is 0 Å². The van der Waals surface area contributed by atoms with Crippen molar-refractivity contribution in [1.29, 1.82) is 0 Å². The summed E-state index contributed by atoms with van der Waals surface area (Å²) in [5.74, 6) is 0. The highest BCUT2D eigenvalue weighted by Crippen LogP contribution is 2.44. The van der Waals surface area contributed by atoms with Crippen molar-refractivity contribution >= 4 is 10.2 Å². The van der Waals surface area contributed by atoms with Crippen LogP contribution in [-0.4, -0.2) is 32.3 Å². The van der Waals surface area contributed by atoms with Crippen LogP contribution < -0.4 is 0 Å². The molecule has 0 spiro atoms. The van der Waals surface area contributed by atoms with Gasteiger partial charge in [-0.1, -0.05) is 3.89 Å². The molecule has 0 saturated carbocycles. The minimum atomic E-state index is -7.34. The molecule has 0 atom stereocenters. The molecule has 0 fully saturated rings. The second-order valence-electron chi connectivity index (χ2n) is 2.44. The minimum Gasteiger partial charge on any atom is -0.245 e. The van der Waals surface area contributed by atoms with Crippen molar-refractivity contribution in [3.8, 4) is 0 Å². The Morgan fingerprint density at radius 2 is 1.29 bits per heavy atom. The predicted octanol–water partition coefficient (Wildman–Crippen LogP) is 2.35. The number of ether oxygens (including phenoxy) is 1. The molecule has 0 unspecified atom stereocenters. The van der Waals surface area contributed by atoms with E-state index >= 15 is 0 Å². The lowest BCUT2D eigenvalue weighted by atomic mass is 10.6. The Morgan fingerprint density at radius 1 is 0.941 bits per heavy atom. The zero-order chi connectivity index (χ0) is 14.3. The van der Waals surface area contributed by atoms with Crippen molar-refractivity contribution in [1.82, 2.24) is 0 Å². The van der Waals surface area contributed by atoms with Gasteiger partial charge in [0.25, 0.3) is 0 Å².